The standard InChI is InChI=1S/C11H10N2O2/c1-9-4-2-3-5-10(9)11(15)13(8-14)7-6-12/h2-5,8H,7H2,1H3. The Morgan fingerprint density at radius 1 is 1.53 bits per heavy atom. The second kappa shape index (κ2) is 4.91. The van der Waals surface area contributed by atoms with Crippen molar-refractivity contribution in [3.8, 4) is 6.07 Å². The minimum atomic E-state index is -0.440. The van der Waals surface area contributed by atoms with E-state index in [1.807, 2.05) is 6.07 Å². The van der Waals surface area contributed by atoms with Gasteiger partial charge in [-0.1, -0.05) is 18.2 Å². The third-order valence-corrected chi connectivity index (χ3v) is 2.00. The monoisotopic (exact) mass is 202 g/mol. The lowest BCUT2D eigenvalue weighted by atomic mass is 10.1. The van der Waals surface area contributed by atoms with Crippen molar-refractivity contribution in [3.05, 3.63) is 35.4 Å². The third kappa shape index (κ3) is 2.41. The van der Waals surface area contributed by atoms with Gasteiger partial charge in [-0.25, -0.2) is 0 Å². The molecule has 0 fully saturated rings. The van der Waals surface area contributed by atoms with Gasteiger partial charge in [0.15, 0.2) is 0 Å². The maximum atomic E-state index is 11.7. The zero-order chi connectivity index (χ0) is 11.3. The number of benzene rings is 1. The summed E-state index contributed by atoms with van der Waals surface area (Å²) >= 11 is 0. The highest BCUT2D eigenvalue weighted by atomic mass is 16.2. The molecule has 0 radical (unpaired) electrons. The quantitative estimate of drug-likeness (QED) is 0.545. The predicted molar refractivity (Wildman–Crippen MR) is 53.9 cm³/mol. The van der Waals surface area contributed by atoms with E-state index in [0.29, 0.717) is 12.0 Å². The molecular formula is C11H10N2O2. The smallest absolute Gasteiger partial charge is 0.261 e. The number of rotatable bonds is 3. The van der Waals surface area contributed by atoms with Crippen LogP contribution in [0.3, 0.4) is 0 Å². The van der Waals surface area contributed by atoms with E-state index in [4.69, 9.17) is 5.26 Å². The summed E-state index contributed by atoms with van der Waals surface area (Å²) in [6.45, 7) is 1.55. The van der Waals surface area contributed by atoms with E-state index in [1.54, 1.807) is 31.2 Å². The molecule has 0 aromatic heterocycles. The molecule has 0 aliphatic carbocycles. The summed E-state index contributed by atoms with van der Waals surface area (Å²) < 4.78 is 0. The van der Waals surface area contributed by atoms with Gasteiger partial charge in [-0.05, 0) is 18.6 Å². The summed E-state index contributed by atoms with van der Waals surface area (Å²) in [4.78, 5) is 23.2. The Bertz CT molecular complexity index is 421. The highest BCUT2D eigenvalue weighted by Gasteiger charge is 2.15. The van der Waals surface area contributed by atoms with Gasteiger partial charge in [-0.15, -0.1) is 0 Å². The summed E-state index contributed by atoms with van der Waals surface area (Å²) in [5, 5.41) is 8.43. The second-order valence-electron chi connectivity index (χ2n) is 3.01. The Kier molecular flexibility index (Phi) is 3.58. The Morgan fingerprint density at radius 2 is 2.20 bits per heavy atom. The van der Waals surface area contributed by atoms with Gasteiger partial charge in [0.2, 0.25) is 6.41 Å². The average molecular weight is 202 g/mol. The first-order chi connectivity index (χ1) is 7.20. The number of nitrogens with zero attached hydrogens (tertiary/aromatic N) is 2. The van der Waals surface area contributed by atoms with Crippen molar-refractivity contribution in [2.75, 3.05) is 6.54 Å². The van der Waals surface area contributed by atoms with Gasteiger partial charge >= 0.3 is 0 Å². The average Bonchev–Trinajstić information content (AvgIpc) is 2.25. The van der Waals surface area contributed by atoms with Crippen LogP contribution in [-0.2, 0) is 4.79 Å². The van der Waals surface area contributed by atoms with Crippen LogP contribution in [0.5, 0.6) is 0 Å². The summed E-state index contributed by atoms with van der Waals surface area (Å²) in [6.07, 6.45) is 0.373. The van der Waals surface area contributed by atoms with Gasteiger partial charge in [0.05, 0.1) is 6.07 Å². The first kappa shape index (κ1) is 10.9. The SMILES string of the molecule is Cc1ccccc1C(=O)N(C=O)CC#N. The molecule has 0 aliphatic heterocycles. The van der Waals surface area contributed by atoms with Crippen LogP contribution >= 0.6 is 0 Å². The molecule has 0 unspecified atom stereocenters. The van der Waals surface area contributed by atoms with Crippen LogP contribution in [0.25, 0.3) is 0 Å². The van der Waals surface area contributed by atoms with Gasteiger partial charge in [-0.2, -0.15) is 5.26 Å². The summed E-state index contributed by atoms with van der Waals surface area (Å²) in [5.41, 5.74) is 1.23. The number of aryl methyl sites for hydroxylation is 1. The second-order valence-corrected chi connectivity index (χ2v) is 3.01. The van der Waals surface area contributed by atoms with E-state index in [9.17, 15) is 9.59 Å². The molecule has 76 valence electrons. The van der Waals surface area contributed by atoms with Crippen LogP contribution in [-0.4, -0.2) is 23.8 Å². The minimum Gasteiger partial charge on any atom is -0.278 e. The molecule has 1 aromatic rings. The minimum absolute atomic E-state index is 0.226. The van der Waals surface area contributed by atoms with Crippen molar-refractivity contribution in [2.45, 2.75) is 6.92 Å². The van der Waals surface area contributed by atoms with Gasteiger partial charge in [0.1, 0.15) is 6.54 Å². The van der Waals surface area contributed by atoms with Crippen LogP contribution in [0, 0.1) is 18.3 Å². The first-order valence-corrected chi connectivity index (χ1v) is 4.39. The Balaban J connectivity index is 2.99. The van der Waals surface area contributed by atoms with Gasteiger partial charge in [-0.3, -0.25) is 14.5 Å². The van der Waals surface area contributed by atoms with Gasteiger partial charge in [0.25, 0.3) is 5.91 Å². The van der Waals surface area contributed by atoms with Crippen molar-refractivity contribution in [2.24, 2.45) is 0 Å². The molecule has 0 saturated carbocycles. The van der Waals surface area contributed by atoms with Crippen LogP contribution in [0.1, 0.15) is 15.9 Å². The normalized spacial score (nSPS) is 9.07. The molecule has 0 N–H and O–H groups in total. The number of imide groups is 1. The third-order valence-electron chi connectivity index (χ3n) is 2.00. The molecule has 0 spiro atoms. The van der Waals surface area contributed by atoms with E-state index in [0.717, 1.165) is 10.5 Å². The summed E-state index contributed by atoms with van der Waals surface area (Å²) in [6, 6.07) is 8.70. The van der Waals surface area contributed by atoms with Crippen molar-refractivity contribution in [3.63, 3.8) is 0 Å². The van der Waals surface area contributed by atoms with E-state index in [2.05, 4.69) is 0 Å². The van der Waals surface area contributed by atoms with Crippen molar-refractivity contribution >= 4 is 12.3 Å². The number of hydrogen-bond acceptors (Lipinski definition) is 3. The van der Waals surface area contributed by atoms with Gasteiger partial charge in [0, 0.05) is 5.56 Å². The molecule has 0 bridgehead atoms. The molecule has 2 amide bonds. The van der Waals surface area contributed by atoms with E-state index < -0.39 is 5.91 Å². The van der Waals surface area contributed by atoms with Crippen LogP contribution in [0.4, 0.5) is 0 Å². The molecule has 15 heavy (non-hydrogen) atoms. The molecule has 0 aliphatic rings. The molecule has 4 nitrogen and oxygen atoms in total. The Morgan fingerprint density at radius 3 is 2.73 bits per heavy atom. The van der Waals surface area contributed by atoms with E-state index in [1.165, 1.54) is 0 Å². The molecule has 1 rings (SSSR count). The molecule has 0 heterocycles. The molecule has 1 aromatic carbocycles. The predicted octanol–water partition coefficient (Wildman–Crippen LogP) is 1.12. The molecule has 4 heteroatoms. The highest BCUT2D eigenvalue weighted by Crippen LogP contribution is 2.09. The fourth-order valence-electron chi connectivity index (χ4n) is 1.20. The van der Waals surface area contributed by atoms with Gasteiger partial charge < -0.3 is 0 Å². The molecular weight excluding hydrogens is 192 g/mol. The maximum absolute atomic E-state index is 11.7. The Hall–Kier alpha value is -2.15. The zero-order valence-corrected chi connectivity index (χ0v) is 8.30. The summed E-state index contributed by atoms with van der Waals surface area (Å²) in [7, 11) is 0. The number of hydrogen-bond donors (Lipinski definition) is 0. The zero-order valence-electron chi connectivity index (χ0n) is 8.30. The highest BCUT2D eigenvalue weighted by molar-refractivity contribution is 6.01. The largest absolute Gasteiger partial charge is 0.278 e. The topological polar surface area (TPSA) is 61.2 Å². The van der Waals surface area contributed by atoms with Crippen molar-refractivity contribution < 1.29 is 9.59 Å². The Labute approximate surface area is 87.7 Å². The van der Waals surface area contributed by atoms with Crippen LogP contribution < -0.4 is 0 Å². The lowest BCUT2D eigenvalue weighted by Crippen LogP contribution is -2.30. The number of carbonyl (C=O) groups is 2. The maximum Gasteiger partial charge on any atom is 0.261 e. The van der Waals surface area contributed by atoms with E-state index in [-0.39, 0.29) is 6.54 Å². The molecule has 0 atom stereocenters. The number of carbonyl (C=O) groups excluding carboxylic acids is 2. The lowest BCUT2D eigenvalue weighted by Gasteiger charge is -2.12. The molecule has 0 saturated heterocycles. The fourth-order valence-corrected chi connectivity index (χ4v) is 1.20. The fraction of sp³-hybridized carbons (Fsp3) is 0.182. The number of amides is 2. The van der Waals surface area contributed by atoms with Crippen LogP contribution in [0.15, 0.2) is 24.3 Å². The first-order valence-electron chi connectivity index (χ1n) is 4.39. The summed E-state index contributed by atoms with van der Waals surface area (Å²) in [5.74, 6) is -0.440. The number of nitriles is 1. The van der Waals surface area contributed by atoms with Crippen molar-refractivity contribution in [1.82, 2.24) is 4.90 Å². The lowest BCUT2D eigenvalue weighted by molar-refractivity contribution is -0.115. The van der Waals surface area contributed by atoms with Crippen LogP contribution in [0.2, 0.25) is 0 Å². The van der Waals surface area contributed by atoms with Crippen molar-refractivity contribution in [1.29, 1.82) is 5.26 Å². The van der Waals surface area contributed by atoms with E-state index >= 15 is 0 Å².